The molecule has 0 unspecified atom stereocenters. The lowest BCUT2D eigenvalue weighted by Crippen LogP contribution is -2.09. The van der Waals surface area contributed by atoms with E-state index in [1.54, 1.807) is 6.92 Å². The Morgan fingerprint density at radius 3 is 2.26 bits per heavy atom. The van der Waals surface area contributed by atoms with Gasteiger partial charge in [-0.1, -0.05) is 38.8 Å². The molecule has 0 fully saturated rings. The van der Waals surface area contributed by atoms with E-state index in [1.165, 1.54) is 0 Å². The predicted molar refractivity (Wildman–Crippen MR) is 90.9 cm³/mol. The first-order valence-electron chi connectivity index (χ1n) is 8.15. The Hall–Kier alpha value is -2.28. The Bertz CT molecular complexity index is 567. The molecular formula is C19H25NO3. The number of allylic oxidation sites excluding steroid dienone is 1. The fourth-order valence-electron chi connectivity index (χ4n) is 1.94. The van der Waals surface area contributed by atoms with Gasteiger partial charge in [0.1, 0.15) is 17.4 Å². The Balaban J connectivity index is 2.81. The number of unbranched alkanes of at least 4 members (excludes halogenated alkanes) is 2. The van der Waals surface area contributed by atoms with E-state index in [4.69, 9.17) is 9.47 Å². The van der Waals surface area contributed by atoms with E-state index in [0.717, 1.165) is 37.0 Å². The molecule has 124 valence electrons. The first-order chi connectivity index (χ1) is 11.1. The average Bonchev–Trinajstić information content (AvgIpc) is 2.56. The lowest BCUT2D eigenvalue weighted by molar-refractivity contribution is -0.138. The summed E-state index contributed by atoms with van der Waals surface area (Å²) < 4.78 is 10.7. The molecule has 23 heavy (non-hydrogen) atoms. The molecule has 0 N–H and O–H groups in total. The maximum absolute atomic E-state index is 12.0. The first-order valence-corrected chi connectivity index (χ1v) is 8.15. The van der Waals surface area contributed by atoms with E-state index < -0.39 is 5.97 Å². The summed E-state index contributed by atoms with van der Waals surface area (Å²) in [6.45, 7) is 6.93. The number of rotatable bonds is 9. The fourth-order valence-corrected chi connectivity index (χ4v) is 1.94. The van der Waals surface area contributed by atoms with Gasteiger partial charge in [-0.05, 0) is 43.0 Å². The molecule has 0 saturated heterocycles. The van der Waals surface area contributed by atoms with Gasteiger partial charge in [-0.15, -0.1) is 0 Å². The quantitative estimate of drug-likeness (QED) is 0.291. The molecule has 0 aliphatic heterocycles. The van der Waals surface area contributed by atoms with Crippen molar-refractivity contribution in [2.24, 2.45) is 0 Å². The van der Waals surface area contributed by atoms with Crippen LogP contribution in [0.4, 0.5) is 0 Å². The van der Waals surface area contributed by atoms with Crippen LogP contribution in [0, 0.1) is 11.3 Å². The summed E-state index contributed by atoms with van der Waals surface area (Å²) in [7, 11) is 0. The number of nitriles is 1. The standard InChI is InChI=1S/C19H25NO3/c1-4-6-12-22-17-10-8-16(9-11-17)15(3)18(14-20)19(21)23-13-7-5-2/h8-11H,4-7,12-13H2,1-3H3/b18-15-. The van der Waals surface area contributed by atoms with E-state index in [2.05, 4.69) is 6.92 Å². The van der Waals surface area contributed by atoms with Crippen molar-refractivity contribution in [3.63, 3.8) is 0 Å². The van der Waals surface area contributed by atoms with Crippen LogP contribution in [0.5, 0.6) is 5.75 Å². The fraction of sp³-hybridized carbons (Fsp3) is 0.474. The second-order valence-electron chi connectivity index (χ2n) is 5.33. The SMILES string of the molecule is CCCCOC(=O)/C(C#N)=C(/C)c1ccc(OCCCC)cc1. The third-order valence-electron chi connectivity index (χ3n) is 3.48. The summed E-state index contributed by atoms with van der Waals surface area (Å²) in [5.41, 5.74) is 1.49. The molecule has 0 heterocycles. The summed E-state index contributed by atoms with van der Waals surface area (Å²) in [4.78, 5) is 12.0. The lowest BCUT2D eigenvalue weighted by atomic mass is 10.0. The van der Waals surface area contributed by atoms with Crippen molar-refractivity contribution in [1.82, 2.24) is 0 Å². The number of carbonyl (C=O) groups is 1. The van der Waals surface area contributed by atoms with Gasteiger partial charge < -0.3 is 9.47 Å². The summed E-state index contributed by atoms with van der Waals surface area (Å²) in [5, 5.41) is 9.25. The number of hydrogen-bond acceptors (Lipinski definition) is 4. The zero-order valence-electron chi connectivity index (χ0n) is 14.2. The van der Waals surface area contributed by atoms with Crippen molar-refractivity contribution in [3.8, 4) is 11.8 Å². The van der Waals surface area contributed by atoms with Crippen LogP contribution in [-0.2, 0) is 9.53 Å². The Morgan fingerprint density at radius 2 is 1.70 bits per heavy atom. The van der Waals surface area contributed by atoms with Gasteiger partial charge in [-0.2, -0.15) is 5.26 Å². The molecule has 4 nitrogen and oxygen atoms in total. The Morgan fingerprint density at radius 1 is 1.09 bits per heavy atom. The zero-order valence-corrected chi connectivity index (χ0v) is 14.2. The minimum absolute atomic E-state index is 0.0563. The van der Waals surface area contributed by atoms with Gasteiger partial charge in [-0.25, -0.2) is 4.79 Å². The molecule has 0 spiro atoms. The van der Waals surface area contributed by atoms with Crippen LogP contribution in [0.3, 0.4) is 0 Å². The topological polar surface area (TPSA) is 59.3 Å². The highest BCUT2D eigenvalue weighted by atomic mass is 16.5. The summed E-state index contributed by atoms with van der Waals surface area (Å²) in [6, 6.07) is 9.37. The minimum Gasteiger partial charge on any atom is -0.494 e. The van der Waals surface area contributed by atoms with Crippen molar-refractivity contribution in [2.45, 2.75) is 46.5 Å². The van der Waals surface area contributed by atoms with Gasteiger partial charge in [0.05, 0.1) is 13.2 Å². The highest BCUT2D eigenvalue weighted by Gasteiger charge is 2.15. The van der Waals surface area contributed by atoms with Crippen LogP contribution in [-0.4, -0.2) is 19.2 Å². The van der Waals surface area contributed by atoms with E-state index in [-0.39, 0.29) is 5.57 Å². The third-order valence-corrected chi connectivity index (χ3v) is 3.48. The van der Waals surface area contributed by atoms with Crippen molar-refractivity contribution in [3.05, 3.63) is 35.4 Å². The number of ether oxygens (including phenoxy) is 2. The normalized spacial score (nSPS) is 11.4. The summed E-state index contributed by atoms with van der Waals surface area (Å²) >= 11 is 0. The van der Waals surface area contributed by atoms with E-state index >= 15 is 0 Å². The van der Waals surface area contributed by atoms with Gasteiger partial charge in [0.25, 0.3) is 0 Å². The second kappa shape index (κ2) is 10.4. The van der Waals surface area contributed by atoms with Crippen molar-refractivity contribution in [2.75, 3.05) is 13.2 Å². The molecule has 0 radical (unpaired) electrons. The second-order valence-corrected chi connectivity index (χ2v) is 5.33. The molecule has 1 aromatic rings. The Labute approximate surface area is 138 Å². The molecule has 0 amide bonds. The van der Waals surface area contributed by atoms with Crippen molar-refractivity contribution >= 4 is 11.5 Å². The largest absolute Gasteiger partial charge is 0.494 e. The number of benzene rings is 1. The highest BCUT2D eigenvalue weighted by molar-refractivity contribution is 6.01. The van der Waals surface area contributed by atoms with Crippen LogP contribution in [0.25, 0.3) is 5.57 Å². The molecule has 0 bridgehead atoms. The first kappa shape index (κ1) is 18.8. The smallest absolute Gasteiger partial charge is 0.349 e. The molecule has 0 aliphatic carbocycles. The molecular weight excluding hydrogens is 290 g/mol. The molecule has 0 atom stereocenters. The van der Waals surface area contributed by atoms with Crippen LogP contribution in [0.2, 0.25) is 0 Å². The van der Waals surface area contributed by atoms with Crippen LogP contribution in [0.1, 0.15) is 52.0 Å². The monoisotopic (exact) mass is 315 g/mol. The molecule has 0 aliphatic rings. The molecule has 0 saturated carbocycles. The summed E-state index contributed by atoms with van der Waals surface area (Å²) in [5.74, 6) is 0.237. The summed E-state index contributed by atoms with van der Waals surface area (Å²) in [6.07, 6.45) is 3.85. The molecule has 1 aromatic carbocycles. The maximum Gasteiger partial charge on any atom is 0.349 e. The van der Waals surface area contributed by atoms with Gasteiger partial charge in [0, 0.05) is 0 Å². The zero-order chi connectivity index (χ0) is 17.1. The van der Waals surface area contributed by atoms with Crippen LogP contribution >= 0.6 is 0 Å². The molecule has 1 rings (SSSR count). The van der Waals surface area contributed by atoms with E-state index in [9.17, 15) is 10.1 Å². The third kappa shape index (κ3) is 6.15. The minimum atomic E-state index is -0.554. The molecule has 4 heteroatoms. The lowest BCUT2D eigenvalue weighted by Gasteiger charge is -2.09. The predicted octanol–water partition coefficient (Wildman–Crippen LogP) is 4.51. The number of nitrogens with zero attached hydrogens (tertiary/aromatic N) is 1. The number of hydrogen-bond donors (Lipinski definition) is 0. The van der Waals surface area contributed by atoms with Gasteiger partial charge in [-0.3, -0.25) is 0 Å². The molecule has 0 aromatic heterocycles. The van der Waals surface area contributed by atoms with Crippen LogP contribution in [0.15, 0.2) is 29.8 Å². The van der Waals surface area contributed by atoms with Gasteiger partial charge >= 0.3 is 5.97 Å². The highest BCUT2D eigenvalue weighted by Crippen LogP contribution is 2.22. The van der Waals surface area contributed by atoms with Gasteiger partial charge in [0.15, 0.2) is 0 Å². The van der Waals surface area contributed by atoms with Gasteiger partial charge in [0.2, 0.25) is 0 Å². The number of carbonyl (C=O) groups excluding carboxylic acids is 1. The van der Waals surface area contributed by atoms with Crippen molar-refractivity contribution in [1.29, 1.82) is 5.26 Å². The average molecular weight is 315 g/mol. The van der Waals surface area contributed by atoms with Crippen molar-refractivity contribution < 1.29 is 14.3 Å². The maximum atomic E-state index is 12.0. The van der Waals surface area contributed by atoms with E-state index in [0.29, 0.717) is 18.8 Å². The Kier molecular flexibility index (Phi) is 8.52. The van der Waals surface area contributed by atoms with Crippen LogP contribution < -0.4 is 4.74 Å². The number of esters is 1. The van der Waals surface area contributed by atoms with E-state index in [1.807, 2.05) is 37.3 Å².